The third-order valence-electron chi connectivity index (χ3n) is 4.94. The summed E-state index contributed by atoms with van der Waals surface area (Å²) in [6, 6.07) is 3.75. The maximum absolute atomic E-state index is 12.7. The van der Waals surface area contributed by atoms with Gasteiger partial charge in [-0.25, -0.2) is 14.8 Å². The van der Waals surface area contributed by atoms with Gasteiger partial charge in [-0.05, 0) is 51.0 Å². The van der Waals surface area contributed by atoms with Crippen LogP contribution < -0.4 is 0 Å². The molecule has 2 aromatic rings. The number of piperidine rings is 1. The third-order valence-corrected chi connectivity index (χ3v) is 5.62. The predicted octanol–water partition coefficient (Wildman–Crippen LogP) is 3.71. The number of likely N-dealkylation sites (tertiary alicyclic amines) is 1. The van der Waals surface area contributed by atoms with Crippen molar-refractivity contribution in [1.82, 2.24) is 14.9 Å². The molecule has 1 amide bonds. The zero-order chi connectivity index (χ0) is 20.1. The van der Waals surface area contributed by atoms with Gasteiger partial charge in [-0.3, -0.25) is 4.79 Å². The van der Waals surface area contributed by atoms with Crippen molar-refractivity contribution in [2.75, 3.05) is 19.4 Å². The van der Waals surface area contributed by atoms with E-state index in [0.29, 0.717) is 27.9 Å². The fourth-order valence-corrected chi connectivity index (χ4v) is 4.09. The van der Waals surface area contributed by atoms with E-state index in [1.807, 2.05) is 11.2 Å². The van der Waals surface area contributed by atoms with Crippen molar-refractivity contribution < 1.29 is 18.7 Å². The minimum absolute atomic E-state index is 0.142. The Morgan fingerprint density at radius 2 is 2.18 bits per heavy atom. The standard InChI is InChI=1S/C20H25N3O4S/c1-4-14-8-5-6-10-23(14)16(24)12-27-20(25)17-13(2)21-18(22-19(17)28-3)15-9-7-11-26-15/h7,9,11,14H,4-6,8,10,12H2,1-3H3. The van der Waals surface area contributed by atoms with Crippen molar-refractivity contribution in [3.05, 3.63) is 29.7 Å². The van der Waals surface area contributed by atoms with Crippen molar-refractivity contribution in [3.8, 4) is 11.6 Å². The SMILES string of the molecule is CCC1CCCCN1C(=O)COC(=O)c1c(C)nc(-c2ccco2)nc1SC. The van der Waals surface area contributed by atoms with E-state index in [-0.39, 0.29) is 18.6 Å². The van der Waals surface area contributed by atoms with Gasteiger partial charge in [0.05, 0.1) is 12.0 Å². The number of amides is 1. The second-order valence-corrected chi connectivity index (χ2v) is 7.51. The molecule has 0 spiro atoms. The highest BCUT2D eigenvalue weighted by molar-refractivity contribution is 7.98. The fraction of sp³-hybridized carbons (Fsp3) is 0.500. The number of thioether (sulfide) groups is 1. The van der Waals surface area contributed by atoms with Gasteiger partial charge in [0.15, 0.2) is 18.2 Å². The molecule has 0 aliphatic carbocycles. The summed E-state index contributed by atoms with van der Waals surface area (Å²) in [5, 5.41) is 0.501. The van der Waals surface area contributed by atoms with Crippen LogP contribution in [0.1, 0.15) is 48.7 Å². The molecule has 3 heterocycles. The summed E-state index contributed by atoms with van der Waals surface area (Å²) < 4.78 is 10.7. The van der Waals surface area contributed by atoms with E-state index in [9.17, 15) is 9.59 Å². The molecule has 1 aliphatic heterocycles. The van der Waals surface area contributed by atoms with Crippen molar-refractivity contribution in [1.29, 1.82) is 0 Å². The average Bonchev–Trinajstić information content (AvgIpc) is 3.26. The van der Waals surface area contributed by atoms with E-state index in [1.54, 1.807) is 25.3 Å². The molecular formula is C20H25N3O4S. The van der Waals surface area contributed by atoms with Gasteiger partial charge in [0.25, 0.3) is 5.91 Å². The molecule has 1 atom stereocenters. The van der Waals surface area contributed by atoms with Crippen LogP contribution in [0.25, 0.3) is 11.6 Å². The lowest BCUT2D eigenvalue weighted by atomic mass is 10.00. The van der Waals surface area contributed by atoms with Crippen LogP contribution >= 0.6 is 11.8 Å². The van der Waals surface area contributed by atoms with E-state index in [0.717, 1.165) is 32.2 Å². The molecule has 2 aromatic heterocycles. The Bertz CT molecular complexity index is 838. The highest BCUT2D eigenvalue weighted by Gasteiger charge is 2.27. The van der Waals surface area contributed by atoms with E-state index >= 15 is 0 Å². The summed E-state index contributed by atoms with van der Waals surface area (Å²) in [5.74, 6) is 0.227. The number of carbonyl (C=O) groups is 2. The quantitative estimate of drug-likeness (QED) is 0.413. The Kier molecular flexibility index (Phi) is 6.72. The number of carbonyl (C=O) groups excluding carboxylic acids is 2. The Morgan fingerprint density at radius 3 is 2.86 bits per heavy atom. The number of nitrogens with zero attached hydrogens (tertiary/aromatic N) is 3. The fourth-order valence-electron chi connectivity index (χ4n) is 3.48. The van der Waals surface area contributed by atoms with Gasteiger partial charge in [0.1, 0.15) is 10.6 Å². The number of aryl methyl sites for hydroxylation is 1. The van der Waals surface area contributed by atoms with E-state index in [4.69, 9.17) is 9.15 Å². The smallest absolute Gasteiger partial charge is 0.343 e. The monoisotopic (exact) mass is 403 g/mol. The second-order valence-electron chi connectivity index (χ2n) is 6.72. The number of aromatic nitrogens is 2. The minimum Gasteiger partial charge on any atom is -0.461 e. The first-order valence-electron chi connectivity index (χ1n) is 9.48. The Morgan fingerprint density at radius 1 is 1.36 bits per heavy atom. The Labute approximate surface area is 168 Å². The van der Waals surface area contributed by atoms with Gasteiger partial charge in [0, 0.05) is 12.6 Å². The maximum Gasteiger partial charge on any atom is 0.343 e. The summed E-state index contributed by atoms with van der Waals surface area (Å²) in [6.45, 7) is 4.27. The Hall–Kier alpha value is -2.35. The van der Waals surface area contributed by atoms with E-state index in [2.05, 4.69) is 16.9 Å². The third kappa shape index (κ3) is 4.38. The number of esters is 1. The van der Waals surface area contributed by atoms with Gasteiger partial charge >= 0.3 is 5.97 Å². The molecule has 1 unspecified atom stereocenters. The molecule has 3 rings (SSSR count). The largest absolute Gasteiger partial charge is 0.461 e. The van der Waals surface area contributed by atoms with Crippen LogP contribution in [-0.4, -0.2) is 52.2 Å². The first-order valence-corrected chi connectivity index (χ1v) is 10.7. The van der Waals surface area contributed by atoms with Crippen LogP contribution in [0, 0.1) is 6.92 Å². The summed E-state index contributed by atoms with van der Waals surface area (Å²) in [4.78, 5) is 35.9. The topological polar surface area (TPSA) is 85.5 Å². The van der Waals surface area contributed by atoms with Crippen molar-refractivity contribution in [3.63, 3.8) is 0 Å². The normalized spacial score (nSPS) is 16.8. The maximum atomic E-state index is 12.7. The number of hydrogen-bond donors (Lipinski definition) is 0. The van der Waals surface area contributed by atoms with Crippen molar-refractivity contribution >= 4 is 23.6 Å². The van der Waals surface area contributed by atoms with Crippen LogP contribution in [0.4, 0.5) is 0 Å². The molecule has 150 valence electrons. The predicted molar refractivity (Wildman–Crippen MR) is 106 cm³/mol. The van der Waals surface area contributed by atoms with Crippen LogP contribution in [-0.2, 0) is 9.53 Å². The summed E-state index contributed by atoms with van der Waals surface area (Å²) in [6.07, 6.45) is 7.43. The van der Waals surface area contributed by atoms with Gasteiger partial charge in [0.2, 0.25) is 0 Å². The highest BCUT2D eigenvalue weighted by Crippen LogP contribution is 2.26. The summed E-state index contributed by atoms with van der Waals surface area (Å²) >= 11 is 1.33. The van der Waals surface area contributed by atoms with Gasteiger partial charge in [-0.1, -0.05) is 6.92 Å². The first kappa shape index (κ1) is 20.4. The number of ether oxygens (including phenoxy) is 1. The highest BCUT2D eigenvalue weighted by atomic mass is 32.2. The first-order chi connectivity index (χ1) is 13.5. The van der Waals surface area contributed by atoms with Crippen LogP contribution in [0.2, 0.25) is 0 Å². The van der Waals surface area contributed by atoms with Gasteiger partial charge in [-0.15, -0.1) is 11.8 Å². The molecule has 1 fully saturated rings. The van der Waals surface area contributed by atoms with Crippen molar-refractivity contribution in [2.45, 2.75) is 50.6 Å². The van der Waals surface area contributed by atoms with Crippen LogP contribution in [0.5, 0.6) is 0 Å². The average molecular weight is 404 g/mol. The number of rotatable bonds is 6. The number of furan rings is 1. The zero-order valence-electron chi connectivity index (χ0n) is 16.4. The zero-order valence-corrected chi connectivity index (χ0v) is 17.3. The van der Waals surface area contributed by atoms with Crippen LogP contribution in [0.3, 0.4) is 0 Å². The van der Waals surface area contributed by atoms with Gasteiger partial charge < -0.3 is 14.1 Å². The molecule has 0 radical (unpaired) electrons. The van der Waals surface area contributed by atoms with E-state index < -0.39 is 5.97 Å². The minimum atomic E-state index is -0.578. The summed E-state index contributed by atoms with van der Waals surface area (Å²) in [5.41, 5.74) is 0.786. The molecular weight excluding hydrogens is 378 g/mol. The van der Waals surface area contributed by atoms with Gasteiger partial charge in [-0.2, -0.15) is 0 Å². The Balaban J connectivity index is 1.72. The molecule has 8 heteroatoms. The molecule has 7 nitrogen and oxygen atoms in total. The second kappa shape index (κ2) is 9.23. The van der Waals surface area contributed by atoms with Crippen LogP contribution in [0.15, 0.2) is 27.8 Å². The molecule has 0 saturated carbocycles. The number of hydrogen-bond acceptors (Lipinski definition) is 7. The lowest BCUT2D eigenvalue weighted by Crippen LogP contribution is -2.45. The lowest BCUT2D eigenvalue weighted by Gasteiger charge is -2.35. The lowest BCUT2D eigenvalue weighted by molar-refractivity contribution is -0.138. The molecule has 0 N–H and O–H groups in total. The summed E-state index contributed by atoms with van der Waals surface area (Å²) in [7, 11) is 0. The molecule has 0 bridgehead atoms. The molecule has 28 heavy (non-hydrogen) atoms. The van der Waals surface area contributed by atoms with E-state index in [1.165, 1.54) is 11.8 Å². The molecule has 1 saturated heterocycles. The molecule has 1 aliphatic rings. The molecule has 0 aromatic carbocycles. The van der Waals surface area contributed by atoms with Crippen molar-refractivity contribution in [2.24, 2.45) is 0 Å².